The Hall–Kier alpha value is -1.30. The predicted molar refractivity (Wildman–Crippen MR) is 83.4 cm³/mol. The van der Waals surface area contributed by atoms with Crippen molar-refractivity contribution >= 4 is 11.9 Å². The van der Waals surface area contributed by atoms with E-state index < -0.39 is 0 Å². The number of ether oxygens (including phenoxy) is 2. The van der Waals surface area contributed by atoms with E-state index >= 15 is 0 Å². The number of methoxy groups -OCH3 is 1. The highest BCUT2D eigenvalue weighted by molar-refractivity contribution is 5.81. The minimum atomic E-state index is -0.258. The lowest BCUT2D eigenvalue weighted by Crippen LogP contribution is -2.51. The van der Waals surface area contributed by atoms with Crippen LogP contribution in [0.3, 0.4) is 0 Å². The van der Waals surface area contributed by atoms with Gasteiger partial charge in [0.2, 0.25) is 0 Å². The van der Waals surface area contributed by atoms with E-state index in [0.29, 0.717) is 19.7 Å². The van der Waals surface area contributed by atoms with Crippen molar-refractivity contribution in [3.63, 3.8) is 0 Å². The minimum Gasteiger partial charge on any atom is -0.466 e. The van der Waals surface area contributed by atoms with E-state index in [0.717, 1.165) is 25.3 Å². The van der Waals surface area contributed by atoms with E-state index in [4.69, 9.17) is 9.47 Å². The second-order valence-electron chi connectivity index (χ2n) is 5.90. The summed E-state index contributed by atoms with van der Waals surface area (Å²) < 4.78 is 10.5. The Balaban J connectivity index is 2.58. The molecule has 122 valence electrons. The Morgan fingerprint density at radius 1 is 1.48 bits per heavy atom. The summed E-state index contributed by atoms with van der Waals surface area (Å²) in [7, 11) is 3.46. The molecule has 0 aromatic carbocycles. The van der Waals surface area contributed by atoms with Gasteiger partial charge in [-0.3, -0.25) is 9.79 Å². The summed E-state index contributed by atoms with van der Waals surface area (Å²) in [6, 6.07) is 0. The molecule has 1 rings (SSSR count). The van der Waals surface area contributed by atoms with Crippen molar-refractivity contribution in [1.29, 1.82) is 0 Å². The summed E-state index contributed by atoms with van der Waals surface area (Å²) in [6.45, 7) is 8.54. The van der Waals surface area contributed by atoms with Crippen molar-refractivity contribution in [1.82, 2.24) is 10.2 Å². The Bertz CT molecular complexity index is 369. The average Bonchev–Trinajstić information content (AvgIpc) is 2.48. The molecule has 0 bridgehead atoms. The second-order valence-corrected chi connectivity index (χ2v) is 5.90. The lowest BCUT2D eigenvalue weighted by atomic mass is 9.98. The van der Waals surface area contributed by atoms with Crippen LogP contribution in [0.4, 0.5) is 0 Å². The second kappa shape index (κ2) is 8.22. The maximum absolute atomic E-state index is 11.9. The molecule has 0 saturated carbocycles. The first-order chi connectivity index (χ1) is 9.93. The summed E-state index contributed by atoms with van der Waals surface area (Å²) in [5.74, 6) is 0.650. The summed E-state index contributed by atoms with van der Waals surface area (Å²) in [5.41, 5.74) is -0.258. The lowest BCUT2D eigenvalue weighted by molar-refractivity contribution is -0.149. The number of aliphatic imine (C=N–C) groups is 1. The number of guanidine groups is 1. The van der Waals surface area contributed by atoms with E-state index in [1.54, 1.807) is 14.2 Å². The van der Waals surface area contributed by atoms with Crippen molar-refractivity contribution in [3.8, 4) is 0 Å². The van der Waals surface area contributed by atoms with Crippen LogP contribution in [0.25, 0.3) is 0 Å². The van der Waals surface area contributed by atoms with Crippen LogP contribution in [0.5, 0.6) is 0 Å². The Kier molecular flexibility index (Phi) is 6.95. The molecule has 0 radical (unpaired) electrons. The van der Waals surface area contributed by atoms with Gasteiger partial charge in [-0.15, -0.1) is 0 Å². The zero-order chi connectivity index (χ0) is 15.9. The molecule has 1 aliphatic rings. The molecule has 6 nitrogen and oxygen atoms in total. The molecular weight excluding hydrogens is 270 g/mol. The molecule has 1 saturated heterocycles. The molecule has 1 N–H and O–H groups in total. The molecule has 0 spiro atoms. The molecule has 1 atom stereocenters. The molecule has 1 fully saturated rings. The maximum Gasteiger partial charge on any atom is 0.310 e. The molecule has 1 heterocycles. The first-order valence-electron chi connectivity index (χ1n) is 7.61. The molecule has 0 amide bonds. The van der Waals surface area contributed by atoms with Gasteiger partial charge in [0.05, 0.1) is 18.1 Å². The van der Waals surface area contributed by atoms with Gasteiger partial charge in [-0.1, -0.05) is 0 Å². The SMILES string of the molecule is CCOC(=O)[C@H]1CCCN(C(=NC)NCC(C)(C)OC)C1. The summed E-state index contributed by atoms with van der Waals surface area (Å²) in [6.07, 6.45) is 1.85. The molecule has 21 heavy (non-hydrogen) atoms. The molecule has 0 aromatic rings. The third-order valence-electron chi connectivity index (χ3n) is 3.78. The number of rotatable bonds is 5. The summed E-state index contributed by atoms with van der Waals surface area (Å²) >= 11 is 0. The van der Waals surface area contributed by atoms with Crippen molar-refractivity contribution in [3.05, 3.63) is 0 Å². The molecule has 0 aliphatic carbocycles. The van der Waals surface area contributed by atoms with Crippen LogP contribution in [0.15, 0.2) is 4.99 Å². The van der Waals surface area contributed by atoms with E-state index in [9.17, 15) is 4.79 Å². The number of likely N-dealkylation sites (tertiary alicyclic amines) is 1. The number of carbonyl (C=O) groups excluding carboxylic acids is 1. The monoisotopic (exact) mass is 299 g/mol. The number of esters is 1. The van der Waals surface area contributed by atoms with E-state index in [1.165, 1.54) is 0 Å². The Morgan fingerprint density at radius 2 is 2.19 bits per heavy atom. The third kappa shape index (κ3) is 5.53. The third-order valence-corrected chi connectivity index (χ3v) is 3.78. The van der Waals surface area contributed by atoms with Crippen LogP contribution in [0.1, 0.15) is 33.6 Å². The highest BCUT2D eigenvalue weighted by Crippen LogP contribution is 2.18. The largest absolute Gasteiger partial charge is 0.466 e. The van der Waals surface area contributed by atoms with Crippen LogP contribution >= 0.6 is 0 Å². The van der Waals surface area contributed by atoms with Crippen molar-refractivity contribution in [2.75, 3.05) is 40.4 Å². The molecule has 0 aromatic heterocycles. The Labute approximate surface area is 127 Å². The smallest absolute Gasteiger partial charge is 0.310 e. The van der Waals surface area contributed by atoms with E-state index in [2.05, 4.69) is 15.2 Å². The van der Waals surface area contributed by atoms with Gasteiger partial charge in [0.15, 0.2) is 5.96 Å². The fourth-order valence-electron chi connectivity index (χ4n) is 2.32. The number of nitrogens with one attached hydrogen (secondary N) is 1. The Morgan fingerprint density at radius 3 is 2.76 bits per heavy atom. The van der Waals surface area contributed by atoms with Crippen LogP contribution in [0, 0.1) is 5.92 Å². The predicted octanol–water partition coefficient (Wildman–Crippen LogP) is 1.26. The standard InChI is InChI=1S/C15H29N3O3/c1-6-21-13(19)12-8-7-9-18(10-12)14(16-4)17-11-15(2,3)20-5/h12H,6-11H2,1-5H3,(H,16,17)/t12-/m0/s1. The number of hydrogen-bond donors (Lipinski definition) is 1. The zero-order valence-corrected chi connectivity index (χ0v) is 13.9. The summed E-state index contributed by atoms with van der Waals surface area (Å²) in [5, 5.41) is 3.32. The van der Waals surface area contributed by atoms with Crippen molar-refractivity contribution in [2.45, 2.75) is 39.2 Å². The highest BCUT2D eigenvalue weighted by atomic mass is 16.5. The molecule has 1 aliphatic heterocycles. The zero-order valence-electron chi connectivity index (χ0n) is 13.9. The van der Waals surface area contributed by atoms with Crippen molar-refractivity contribution < 1.29 is 14.3 Å². The number of nitrogens with zero attached hydrogens (tertiary/aromatic N) is 2. The quantitative estimate of drug-likeness (QED) is 0.470. The van der Waals surface area contributed by atoms with Gasteiger partial charge < -0.3 is 19.7 Å². The fourth-order valence-corrected chi connectivity index (χ4v) is 2.32. The van der Waals surface area contributed by atoms with Gasteiger partial charge in [0.25, 0.3) is 0 Å². The minimum absolute atomic E-state index is 0.0623. The van der Waals surface area contributed by atoms with Gasteiger partial charge in [0.1, 0.15) is 0 Å². The van der Waals surface area contributed by atoms with Gasteiger partial charge in [-0.2, -0.15) is 0 Å². The van der Waals surface area contributed by atoms with E-state index in [-0.39, 0.29) is 17.5 Å². The van der Waals surface area contributed by atoms with Crippen LogP contribution in [0.2, 0.25) is 0 Å². The number of carbonyl (C=O) groups is 1. The lowest BCUT2D eigenvalue weighted by Gasteiger charge is -2.35. The highest BCUT2D eigenvalue weighted by Gasteiger charge is 2.29. The van der Waals surface area contributed by atoms with Crippen LogP contribution in [-0.2, 0) is 14.3 Å². The normalized spacial score (nSPS) is 20.3. The average molecular weight is 299 g/mol. The summed E-state index contributed by atoms with van der Waals surface area (Å²) in [4.78, 5) is 18.3. The van der Waals surface area contributed by atoms with Crippen LogP contribution in [-0.4, -0.2) is 62.8 Å². The maximum atomic E-state index is 11.9. The van der Waals surface area contributed by atoms with Gasteiger partial charge in [-0.05, 0) is 33.6 Å². The van der Waals surface area contributed by atoms with E-state index in [1.807, 2.05) is 20.8 Å². The molecule has 0 unspecified atom stereocenters. The van der Waals surface area contributed by atoms with Gasteiger partial charge in [0, 0.05) is 33.8 Å². The first kappa shape index (κ1) is 17.8. The molecule has 6 heteroatoms. The number of piperidine rings is 1. The van der Waals surface area contributed by atoms with Crippen LogP contribution < -0.4 is 5.32 Å². The topological polar surface area (TPSA) is 63.2 Å². The van der Waals surface area contributed by atoms with Crippen molar-refractivity contribution in [2.24, 2.45) is 10.9 Å². The van der Waals surface area contributed by atoms with Gasteiger partial charge >= 0.3 is 5.97 Å². The van der Waals surface area contributed by atoms with Gasteiger partial charge in [-0.25, -0.2) is 0 Å². The molecular formula is C15H29N3O3. The first-order valence-corrected chi connectivity index (χ1v) is 7.61. The number of hydrogen-bond acceptors (Lipinski definition) is 4. The fraction of sp³-hybridized carbons (Fsp3) is 0.867.